The minimum Gasteiger partial charge on any atom is -0.481 e. The largest absolute Gasteiger partial charge is 0.481 e. The van der Waals surface area contributed by atoms with Crippen molar-refractivity contribution in [2.24, 2.45) is 0 Å². The number of anilines is 1. The first-order valence-corrected chi connectivity index (χ1v) is 10.6. The van der Waals surface area contributed by atoms with Gasteiger partial charge in [0, 0.05) is 13.1 Å². The first-order valence-electron chi connectivity index (χ1n) is 10.6. The molecule has 8 heteroatoms. The number of hydrogen-bond donors (Lipinski definition) is 2. The van der Waals surface area contributed by atoms with E-state index in [1.54, 1.807) is 17.8 Å². The molecule has 0 aliphatic carbocycles. The van der Waals surface area contributed by atoms with Crippen LogP contribution in [0.3, 0.4) is 0 Å². The molecule has 2 N–H and O–H groups in total. The predicted molar refractivity (Wildman–Crippen MR) is 124 cm³/mol. The van der Waals surface area contributed by atoms with E-state index in [1.807, 2.05) is 48.5 Å². The lowest BCUT2D eigenvalue weighted by Gasteiger charge is -2.14. The van der Waals surface area contributed by atoms with E-state index < -0.39 is 6.10 Å². The lowest BCUT2D eigenvalue weighted by Crippen LogP contribution is -2.38. The Labute approximate surface area is 186 Å². The summed E-state index contributed by atoms with van der Waals surface area (Å²) >= 11 is 0. The molecule has 2 aromatic carbocycles. The van der Waals surface area contributed by atoms with Gasteiger partial charge in [-0.15, -0.1) is 0 Å². The van der Waals surface area contributed by atoms with Crippen LogP contribution >= 0.6 is 0 Å². The molecule has 1 amide bonds. The fraction of sp³-hybridized carbons (Fsp3) is 0.250. The standard InChI is InChI=1S/C24H26N6O2/c1-18(32-20-10-6-3-7-11-20)24(31)26-14-15-30-23-21(16-29-30)22(27-17-28-23)25-13-12-19-8-4-2-5-9-19/h2-11,16-18H,12-15H2,1H3,(H,26,31)(H,25,27,28)/t18-/m0/s1. The molecule has 0 unspecified atom stereocenters. The maximum absolute atomic E-state index is 12.3. The number of fused-ring (bicyclic) bond motifs is 1. The minimum absolute atomic E-state index is 0.178. The van der Waals surface area contributed by atoms with Crippen molar-refractivity contribution in [1.82, 2.24) is 25.1 Å². The van der Waals surface area contributed by atoms with E-state index in [0.29, 0.717) is 18.8 Å². The van der Waals surface area contributed by atoms with Crippen LogP contribution in [0.1, 0.15) is 12.5 Å². The van der Waals surface area contributed by atoms with Crippen LogP contribution in [0, 0.1) is 0 Å². The molecule has 0 saturated carbocycles. The van der Waals surface area contributed by atoms with Crippen LogP contribution < -0.4 is 15.4 Å². The lowest BCUT2D eigenvalue weighted by atomic mass is 10.1. The smallest absolute Gasteiger partial charge is 0.260 e. The third-order valence-corrected chi connectivity index (χ3v) is 5.03. The summed E-state index contributed by atoms with van der Waals surface area (Å²) in [5, 5.41) is 11.5. The monoisotopic (exact) mass is 430 g/mol. The Kier molecular flexibility index (Phi) is 6.91. The van der Waals surface area contributed by atoms with E-state index in [9.17, 15) is 4.79 Å². The second-order valence-corrected chi connectivity index (χ2v) is 7.35. The Bertz CT molecular complexity index is 1150. The van der Waals surface area contributed by atoms with Crippen LogP contribution in [0.5, 0.6) is 5.75 Å². The maximum Gasteiger partial charge on any atom is 0.260 e. The molecule has 0 aliphatic rings. The summed E-state index contributed by atoms with van der Waals surface area (Å²) in [6.07, 6.45) is 3.59. The van der Waals surface area contributed by atoms with Gasteiger partial charge in [-0.1, -0.05) is 48.5 Å². The molecule has 1 atom stereocenters. The molecule has 32 heavy (non-hydrogen) atoms. The molecule has 164 valence electrons. The molecule has 0 fully saturated rings. The second kappa shape index (κ2) is 10.4. The number of nitrogens with zero attached hydrogens (tertiary/aromatic N) is 4. The third kappa shape index (κ3) is 5.40. The van der Waals surface area contributed by atoms with Gasteiger partial charge in [-0.25, -0.2) is 14.6 Å². The molecule has 0 saturated heterocycles. The quantitative estimate of drug-likeness (QED) is 0.402. The highest BCUT2D eigenvalue weighted by Gasteiger charge is 2.15. The highest BCUT2D eigenvalue weighted by atomic mass is 16.5. The molecule has 2 heterocycles. The molecule has 0 spiro atoms. The van der Waals surface area contributed by atoms with E-state index in [1.165, 1.54) is 11.9 Å². The summed E-state index contributed by atoms with van der Waals surface area (Å²) < 4.78 is 7.42. The number of nitrogens with one attached hydrogen (secondary N) is 2. The highest BCUT2D eigenvalue weighted by Crippen LogP contribution is 2.18. The molecule has 4 aromatic rings. The van der Waals surface area contributed by atoms with Gasteiger partial charge in [0.1, 0.15) is 17.9 Å². The van der Waals surface area contributed by atoms with Gasteiger partial charge in [0.05, 0.1) is 18.1 Å². The van der Waals surface area contributed by atoms with Crippen molar-refractivity contribution >= 4 is 22.8 Å². The van der Waals surface area contributed by atoms with Crippen molar-refractivity contribution < 1.29 is 9.53 Å². The summed E-state index contributed by atoms with van der Waals surface area (Å²) in [6.45, 7) is 3.40. The Morgan fingerprint density at radius 1 is 1.03 bits per heavy atom. The van der Waals surface area contributed by atoms with Crippen LogP contribution in [0.15, 0.2) is 73.2 Å². The molecular formula is C24H26N6O2. The van der Waals surface area contributed by atoms with Crippen molar-refractivity contribution in [3.8, 4) is 5.75 Å². The summed E-state index contributed by atoms with van der Waals surface area (Å²) in [6, 6.07) is 19.6. The predicted octanol–water partition coefficient (Wildman–Crippen LogP) is 3.06. The van der Waals surface area contributed by atoms with E-state index in [0.717, 1.165) is 29.8 Å². The van der Waals surface area contributed by atoms with Gasteiger partial charge >= 0.3 is 0 Å². The zero-order valence-corrected chi connectivity index (χ0v) is 17.9. The lowest BCUT2D eigenvalue weighted by molar-refractivity contribution is -0.127. The van der Waals surface area contributed by atoms with Gasteiger partial charge in [-0.05, 0) is 31.0 Å². The van der Waals surface area contributed by atoms with E-state index in [-0.39, 0.29) is 5.91 Å². The Morgan fingerprint density at radius 2 is 1.78 bits per heavy atom. The Balaban J connectivity index is 1.30. The molecule has 0 radical (unpaired) electrons. The fourth-order valence-corrected chi connectivity index (χ4v) is 3.35. The van der Waals surface area contributed by atoms with Crippen molar-refractivity contribution in [2.75, 3.05) is 18.4 Å². The third-order valence-electron chi connectivity index (χ3n) is 5.03. The minimum atomic E-state index is -0.588. The molecule has 2 aromatic heterocycles. The van der Waals surface area contributed by atoms with Gasteiger partial charge < -0.3 is 15.4 Å². The first kappa shape index (κ1) is 21.3. The number of aromatic nitrogens is 4. The Hall–Kier alpha value is -3.94. The van der Waals surface area contributed by atoms with Crippen molar-refractivity contribution in [1.29, 1.82) is 0 Å². The van der Waals surface area contributed by atoms with E-state index in [4.69, 9.17) is 4.74 Å². The van der Waals surface area contributed by atoms with Gasteiger partial charge in [0.25, 0.3) is 5.91 Å². The first-order chi connectivity index (χ1) is 15.7. The number of hydrogen-bond acceptors (Lipinski definition) is 6. The number of amides is 1. The summed E-state index contributed by atoms with van der Waals surface area (Å²) in [5.74, 6) is 1.24. The number of rotatable bonds is 10. The normalized spacial score (nSPS) is 11.8. The van der Waals surface area contributed by atoms with E-state index in [2.05, 4.69) is 37.8 Å². The van der Waals surface area contributed by atoms with Crippen LogP contribution in [0.25, 0.3) is 11.0 Å². The number of ether oxygens (including phenoxy) is 1. The number of benzene rings is 2. The van der Waals surface area contributed by atoms with Crippen LogP contribution in [0.4, 0.5) is 5.82 Å². The van der Waals surface area contributed by atoms with Crippen LogP contribution in [-0.2, 0) is 17.8 Å². The average Bonchev–Trinajstić information content (AvgIpc) is 3.24. The average molecular weight is 431 g/mol. The molecule has 0 aliphatic heterocycles. The van der Waals surface area contributed by atoms with Gasteiger partial charge in [-0.2, -0.15) is 5.10 Å². The number of carbonyl (C=O) groups excluding carboxylic acids is 1. The van der Waals surface area contributed by atoms with Gasteiger partial charge in [0.15, 0.2) is 11.8 Å². The summed E-state index contributed by atoms with van der Waals surface area (Å²) in [7, 11) is 0. The highest BCUT2D eigenvalue weighted by molar-refractivity contribution is 5.86. The second-order valence-electron chi connectivity index (χ2n) is 7.35. The molecule has 4 rings (SSSR count). The van der Waals surface area contributed by atoms with E-state index >= 15 is 0 Å². The van der Waals surface area contributed by atoms with Gasteiger partial charge in [-0.3, -0.25) is 4.79 Å². The summed E-state index contributed by atoms with van der Waals surface area (Å²) in [5.41, 5.74) is 1.99. The van der Waals surface area contributed by atoms with Crippen molar-refractivity contribution in [2.45, 2.75) is 26.0 Å². The maximum atomic E-state index is 12.3. The zero-order valence-electron chi connectivity index (χ0n) is 17.9. The zero-order chi connectivity index (χ0) is 22.2. The van der Waals surface area contributed by atoms with Crippen LogP contribution in [0.2, 0.25) is 0 Å². The number of carbonyl (C=O) groups is 1. The number of para-hydroxylation sites is 1. The topological polar surface area (TPSA) is 94.0 Å². The molecular weight excluding hydrogens is 404 g/mol. The SMILES string of the molecule is C[C@H](Oc1ccccc1)C(=O)NCCn1ncc2c(NCCc3ccccc3)ncnc21. The fourth-order valence-electron chi connectivity index (χ4n) is 3.35. The molecule has 8 nitrogen and oxygen atoms in total. The van der Waals surface area contributed by atoms with Crippen molar-refractivity contribution in [3.05, 3.63) is 78.8 Å². The van der Waals surface area contributed by atoms with Crippen molar-refractivity contribution in [3.63, 3.8) is 0 Å². The van der Waals surface area contributed by atoms with Crippen LogP contribution in [-0.4, -0.2) is 44.8 Å². The van der Waals surface area contributed by atoms with Gasteiger partial charge in [0.2, 0.25) is 0 Å². The Morgan fingerprint density at radius 3 is 2.56 bits per heavy atom. The summed E-state index contributed by atoms with van der Waals surface area (Å²) in [4.78, 5) is 21.1. The molecule has 0 bridgehead atoms.